The molecule has 0 amide bonds. The average molecular weight is 627 g/mol. The molecule has 3 heteroatoms. The number of para-hydroxylation sites is 4. The first kappa shape index (κ1) is 27.5. The molecule has 0 saturated carbocycles. The lowest BCUT2D eigenvalue weighted by molar-refractivity contribution is 0.673. The van der Waals surface area contributed by atoms with Crippen molar-refractivity contribution in [2.45, 2.75) is 0 Å². The van der Waals surface area contributed by atoms with Crippen LogP contribution in [0.2, 0.25) is 0 Å². The third kappa shape index (κ3) is 4.44. The van der Waals surface area contributed by atoms with E-state index < -0.39 is 0 Å². The van der Waals surface area contributed by atoms with Crippen LogP contribution in [0.25, 0.3) is 71.2 Å². The molecule has 0 unspecified atom stereocenters. The second kappa shape index (κ2) is 11.0. The molecule has 0 aliphatic rings. The predicted molar refractivity (Wildman–Crippen MR) is 206 cm³/mol. The summed E-state index contributed by atoms with van der Waals surface area (Å²) in [5.41, 5.74) is 9.85. The fraction of sp³-hybridized carbons (Fsp3) is 0. The van der Waals surface area contributed by atoms with Crippen LogP contribution in [0.3, 0.4) is 0 Å². The van der Waals surface area contributed by atoms with E-state index in [9.17, 15) is 0 Å². The van der Waals surface area contributed by atoms with E-state index in [4.69, 9.17) is 4.42 Å². The smallest absolute Gasteiger partial charge is 0.143 e. The lowest BCUT2D eigenvalue weighted by Crippen LogP contribution is -2.09. The second-order valence-corrected chi connectivity index (χ2v) is 12.6. The molecule has 2 aromatic heterocycles. The lowest BCUT2D eigenvalue weighted by atomic mass is 9.91. The van der Waals surface area contributed by atoms with Gasteiger partial charge in [0.1, 0.15) is 11.2 Å². The lowest BCUT2D eigenvalue weighted by Gasteiger charge is -2.25. The summed E-state index contributed by atoms with van der Waals surface area (Å²) in [7, 11) is 0. The average Bonchev–Trinajstić information content (AvgIpc) is 3.76. The van der Waals surface area contributed by atoms with Crippen LogP contribution >= 0.6 is 0 Å². The molecule has 230 valence electrons. The Morgan fingerprint density at radius 2 is 1.08 bits per heavy atom. The van der Waals surface area contributed by atoms with E-state index in [1.54, 1.807) is 0 Å². The van der Waals surface area contributed by atoms with Crippen molar-refractivity contribution in [3.63, 3.8) is 0 Å². The van der Waals surface area contributed by atoms with Crippen molar-refractivity contribution in [2.24, 2.45) is 0 Å². The van der Waals surface area contributed by atoms with Crippen LogP contribution in [0.5, 0.6) is 0 Å². The number of furan rings is 1. The Balaban J connectivity index is 1.22. The van der Waals surface area contributed by atoms with Crippen molar-refractivity contribution < 1.29 is 4.42 Å². The van der Waals surface area contributed by atoms with Crippen LogP contribution < -0.4 is 4.90 Å². The molecular formula is C46H30N2O. The zero-order valence-electron chi connectivity index (χ0n) is 26.6. The highest BCUT2D eigenvalue weighted by molar-refractivity contribution is 6.27. The first-order chi connectivity index (χ1) is 24.3. The van der Waals surface area contributed by atoms with Gasteiger partial charge in [-0.15, -0.1) is 0 Å². The van der Waals surface area contributed by atoms with E-state index in [0.717, 1.165) is 55.6 Å². The molecule has 0 spiro atoms. The monoisotopic (exact) mass is 626 g/mol. The van der Waals surface area contributed by atoms with Crippen LogP contribution in [0, 0.1) is 0 Å². The summed E-state index contributed by atoms with van der Waals surface area (Å²) in [5, 5.41) is 8.17. The number of benzene rings is 8. The molecule has 0 bridgehead atoms. The molecule has 8 aromatic carbocycles. The van der Waals surface area contributed by atoms with Gasteiger partial charge in [0.05, 0.1) is 5.52 Å². The molecule has 3 nitrogen and oxygen atoms in total. The molecular weight excluding hydrogens is 597 g/mol. The minimum atomic E-state index is 0.908. The van der Waals surface area contributed by atoms with E-state index in [1.165, 1.54) is 32.6 Å². The van der Waals surface area contributed by atoms with Crippen LogP contribution in [0.1, 0.15) is 0 Å². The summed E-state index contributed by atoms with van der Waals surface area (Å²) in [6, 6.07) is 62.7. The molecule has 0 atom stereocenters. The maximum Gasteiger partial charge on any atom is 0.143 e. The van der Waals surface area contributed by atoms with Crippen LogP contribution in [-0.4, -0.2) is 4.57 Å². The third-order valence-electron chi connectivity index (χ3n) is 9.77. The Morgan fingerprint density at radius 1 is 0.449 bits per heavy atom. The number of hydrogen-bond acceptors (Lipinski definition) is 2. The van der Waals surface area contributed by atoms with Gasteiger partial charge in [-0.1, -0.05) is 91.0 Å². The Bertz CT molecular complexity index is 2760. The SMILES string of the molecule is c1ccc(N(c2ccccc2)c2ccc(-c3cc4cc5c(ccn5-c5ccccc5)cc4c4c3ccc3c5ccccc5oc34)cc2)cc1. The van der Waals surface area contributed by atoms with Crippen molar-refractivity contribution in [3.8, 4) is 16.8 Å². The second-order valence-electron chi connectivity index (χ2n) is 12.6. The molecule has 0 fully saturated rings. The summed E-state index contributed by atoms with van der Waals surface area (Å²) in [4.78, 5) is 2.30. The Morgan fingerprint density at radius 3 is 1.82 bits per heavy atom. The van der Waals surface area contributed by atoms with Gasteiger partial charge in [0.25, 0.3) is 0 Å². The van der Waals surface area contributed by atoms with Gasteiger partial charge >= 0.3 is 0 Å². The van der Waals surface area contributed by atoms with Crippen LogP contribution in [0.15, 0.2) is 187 Å². The van der Waals surface area contributed by atoms with Gasteiger partial charge in [-0.05, 0) is 112 Å². The van der Waals surface area contributed by atoms with Crippen molar-refractivity contribution in [2.75, 3.05) is 4.90 Å². The van der Waals surface area contributed by atoms with Gasteiger partial charge in [0.2, 0.25) is 0 Å². The molecule has 0 aliphatic carbocycles. The number of hydrogen-bond donors (Lipinski definition) is 0. The summed E-state index contributed by atoms with van der Waals surface area (Å²) >= 11 is 0. The van der Waals surface area contributed by atoms with Gasteiger partial charge in [-0.25, -0.2) is 0 Å². The topological polar surface area (TPSA) is 21.3 Å². The maximum absolute atomic E-state index is 6.69. The van der Waals surface area contributed by atoms with E-state index in [-0.39, 0.29) is 0 Å². The first-order valence-corrected chi connectivity index (χ1v) is 16.7. The number of aromatic nitrogens is 1. The van der Waals surface area contributed by atoms with E-state index >= 15 is 0 Å². The Hall–Kier alpha value is -6.58. The number of rotatable bonds is 5. The number of anilines is 3. The van der Waals surface area contributed by atoms with Crippen LogP contribution in [0.4, 0.5) is 17.1 Å². The minimum Gasteiger partial charge on any atom is -0.455 e. The standard InChI is InChI=1S/C46H30N2O/c1-4-12-34(13-5-1)47-27-26-32-28-42-33(30-43(32)47)29-41(39-24-25-40-38-18-10-11-19-44(38)49-46(40)45(39)42)31-20-22-37(23-21-31)48(35-14-6-2-7-15-35)36-16-8-3-9-17-36/h1-30H. The summed E-state index contributed by atoms with van der Waals surface area (Å²) in [5.74, 6) is 0. The third-order valence-corrected chi connectivity index (χ3v) is 9.77. The summed E-state index contributed by atoms with van der Waals surface area (Å²) in [6.45, 7) is 0. The molecule has 49 heavy (non-hydrogen) atoms. The van der Waals surface area contributed by atoms with E-state index in [1.807, 2.05) is 6.07 Å². The van der Waals surface area contributed by atoms with E-state index in [2.05, 4.69) is 186 Å². The molecule has 0 aliphatic heterocycles. The number of nitrogens with zero attached hydrogens (tertiary/aromatic N) is 2. The zero-order chi connectivity index (χ0) is 32.3. The van der Waals surface area contributed by atoms with Crippen molar-refractivity contribution >= 4 is 71.4 Å². The quantitative estimate of drug-likeness (QED) is 0.177. The fourth-order valence-electron chi connectivity index (χ4n) is 7.49. The van der Waals surface area contributed by atoms with E-state index in [0.29, 0.717) is 0 Å². The normalized spacial score (nSPS) is 11.7. The molecule has 0 N–H and O–H groups in total. The zero-order valence-corrected chi connectivity index (χ0v) is 26.6. The molecule has 0 radical (unpaired) electrons. The Kier molecular flexibility index (Phi) is 6.18. The van der Waals surface area contributed by atoms with Crippen LogP contribution in [-0.2, 0) is 0 Å². The number of fused-ring (bicyclic) bond motifs is 8. The van der Waals surface area contributed by atoms with Gasteiger partial charge in [0.15, 0.2) is 0 Å². The molecule has 10 aromatic rings. The van der Waals surface area contributed by atoms with Gasteiger partial charge in [-0.2, -0.15) is 0 Å². The predicted octanol–water partition coefficient (Wildman–Crippen LogP) is 13.0. The maximum atomic E-state index is 6.69. The van der Waals surface area contributed by atoms with Gasteiger partial charge < -0.3 is 13.9 Å². The van der Waals surface area contributed by atoms with Gasteiger partial charge in [0, 0.05) is 50.5 Å². The summed E-state index contributed by atoms with van der Waals surface area (Å²) in [6.07, 6.45) is 2.17. The molecule has 10 rings (SSSR count). The van der Waals surface area contributed by atoms with Crippen molar-refractivity contribution in [1.82, 2.24) is 4.57 Å². The van der Waals surface area contributed by atoms with Crippen molar-refractivity contribution in [1.29, 1.82) is 0 Å². The largest absolute Gasteiger partial charge is 0.455 e. The van der Waals surface area contributed by atoms with Gasteiger partial charge in [-0.3, -0.25) is 0 Å². The highest BCUT2D eigenvalue weighted by Gasteiger charge is 2.18. The first-order valence-electron chi connectivity index (χ1n) is 16.7. The summed E-state index contributed by atoms with van der Waals surface area (Å²) < 4.78 is 8.96. The Labute approximate surface area is 283 Å². The fourth-order valence-corrected chi connectivity index (χ4v) is 7.49. The molecule has 0 saturated heterocycles. The highest BCUT2D eigenvalue weighted by atomic mass is 16.3. The molecule has 2 heterocycles. The highest BCUT2D eigenvalue weighted by Crippen LogP contribution is 2.44. The van der Waals surface area contributed by atoms with Crippen molar-refractivity contribution in [3.05, 3.63) is 182 Å². The minimum absolute atomic E-state index is 0.908.